The van der Waals surface area contributed by atoms with Crippen molar-refractivity contribution < 1.29 is 19.5 Å². The summed E-state index contributed by atoms with van der Waals surface area (Å²) >= 11 is 0. The van der Waals surface area contributed by atoms with Crippen molar-refractivity contribution in [1.29, 1.82) is 0 Å². The van der Waals surface area contributed by atoms with Crippen LogP contribution in [-0.4, -0.2) is 55.6 Å². The number of nitrogens with one attached hydrogen (secondary N) is 2. The third-order valence-electron chi connectivity index (χ3n) is 4.27. The molecule has 7 heteroatoms. The van der Waals surface area contributed by atoms with E-state index in [2.05, 4.69) is 41.8 Å². The van der Waals surface area contributed by atoms with Gasteiger partial charge in [0.1, 0.15) is 0 Å². The van der Waals surface area contributed by atoms with Crippen molar-refractivity contribution in [2.75, 3.05) is 33.4 Å². The Morgan fingerprint density at radius 2 is 1.54 bits per heavy atom. The van der Waals surface area contributed by atoms with Gasteiger partial charge in [0.2, 0.25) is 0 Å². The number of methoxy groups -OCH3 is 1. The van der Waals surface area contributed by atoms with Crippen LogP contribution < -0.4 is 10.6 Å². The number of hydrogen-bond acceptors (Lipinski definition) is 4. The first kappa shape index (κ1) is 21.4. The third-order valence-corrected chi connectivity index (χ3v) is 4.27. The van der Waals surface area contributed by atoms with E-state index < -0.39 is 6.03 Å². The number of hydrogen-bond donors (Lipinski definition) is 3. The molecule has 3 amide bonds. The normalized spacial score (nSPS) is 10.4. The molecular formula is C21H27N3O4. The maximum atomic E-state index is 12.2. The molecule has 0 radical (unpaired) electrons. The van der Waals surface area contributed by atoms with Crippen molar-refractivity contribution >= 4 is 11.9 Å². The number of nitrogens with zero attached hydrogens (tertiary/aromatic N) is 1. The molecule has 28 heavy (non-hydrogen) atoms. The SMILES string of the molecule is CCc1ccc(-c2ccc(C(=O)NCCNC(=O)N(O)CCOC)cc2)cc1. The Morgan fingerprint density at radius 3 is 2.11 bits per heavy atom. The van der Waals surface area contributed by atoms with E-state index in [1.165, 1.54) is 12.7 Å². The first-order valence-electron chi connectivity index (χ1n) is 9.26. The van der Waals surface area contributed by atoms with Crippen LogP contribution in [0.25, 0.3) is 11.1 Å². The van der Waals surface area contributed by atoms with E-state index in [0.29, 0.717) is 10.6 Å². The summed E-state index contributed by atoms with van der Waals surface area (Å²) in [6, 6.07) is 15.1. The highest BCUT2D eigenvalue weighted by Crippen LogP contribution is 2.20. The Labute approximate surface area is 165 Å². The van der Waals surface area contributed by atoms with Gasteiger partial charge < -0.3 is 15.4 Å². The quantitative estimate of drug-likeness (QED) is 0.352. The van der Waals surface area contributed by atoms with Gasteiger partial charge in [-0.3, -0.25) is 10.0 Å². The average molecular weight is 385 g/mol. The van der Waals surface area contributed by atoms with Crippen LogP contribution in [-0.2, 0) is 11.2 Å². The second kappa shape index (κ2) is 11.1. The summed E-state index contributed by atoms with van der Waals surface area (Å²) in [6.07, 6.45) is 1.00. The Hall–Kier alpha value is -2.90. The van der Waals surface area contributed by atoms with Gasteiger partial charge >= 0.3 is 6.03 Å². The van der Waals surface area contributed by atoms with Gasteiger partial charge in [-0.25, -0.2) is 9.86 Å². The number of urea groups is 1. The van der Waals surface area contributed by atoms with Crippen LogP contribution in [0.5, 0.6) is 0 Å². The molecule has 0 aliphatic heterocycles. The van der Waals surface area contributed by atoms with Crippen LogP contribution in [0.3, 0.4) is 0 Å². The lowest BCUT2D eigenvalue weighted by molar-refractivity contribution is -0.0556. The fourth-order valence-electron chi connectivity index (χ4n) is 2.57. The average Bonchev–Trinajstić information content (AvgIpc) is 2.74. The van der Waals surface area contributed by atoms with Gasteiger partial charge in [-0.1, -0.05) is 43.3 Å². The van der Waals surface area contributed by atoms with Gasteiger partial charge in [-0.05, 0) is 35.2 Å². The van der Waals surface area contributed by atoms with Crippen molar-refractivity contribution in [2.24, 2.45) is 0 Å². The van der Waals surface area contributed by atoms with Crippen LogP contribution in [0.2, 0.25) is 0 Å². The van der Waals surface area contributed by atoms with Gasteiger partial charge in [0.05, 0.1) is 13.2 Å². The topological polar surface area (TPSA) is 90.9 Å². The minimum Gasteiger partial charge on any atom is -0.383 e. The molecule has 0 spiro atoms. The zero-order valence-corrected chi connectivity index (χ0v) is 16.3. The fraction of sp³-hybridized carbons (Fsp3) is 0.333. The van der Waals surface area contributed by atoms with Crippen molar-refractivity contribution in [1.82, 2.24) is 15.7 Å². The maximum absolute atomic E-state index is 12.2. The molecule has 0 saturated heterocycles. The van der Waals surface area contributed by atoms with Crippen LogP contribution >= 0.6 is 0 Å². The van der Waals surface area contributed by atoms with E-state index in [1.807, 2.05) is 12.1 Å². The van der Waals surface area contributed by atoms with E-state index in [-0.39, 0.29) is 32.1 Å². The van der Waals surface area contributed by atoms with E-state index in [1.54, 1.807) is 12.1 Å². The zero-order chi connectivity index (χ0) is 20.4. The standard InChI is InChI=1S/C21H27N3O4/c1-3-16-4-6-17(7-5-16)18-8-10-19(11-9-18)20(25)22-12-13-23-21(26)24(27)14-15-28-2/h4-11,27H,3,12-15H2,1-2H3,(H,22,25)(H,23,26). The van der Waals surface area contributed by atoms with E-state index in [4.69, 9.17) is 4.74 Å². The highest BCUT2D eigenvalue weighted by Gasteiger charge is 2.10. The number of carbonyl (C=O) groups is 2. The van der Waals surface area contributed by atoms with E-state index in [0.717, 1.165) is 17.5 Å². The molecule has 2 rings (SSSR count). The Morgan fingerprint density at radius 1 is 0.964 bits per heavy atom. The van der Waals surface area contributed by atoms with E-state index >= 15 is 0 Å². The molecule has 0 fully saturated rings. The summed E-state index contributed by atoms with van der Waals surface area (Å²) in [7, 11) is 1.48. The number of amides is 3. The number of rotatable bonds is 9. The number of aryl methyl sites for hydroxylation is 1. The van der Waals surface area contributed by atoms with Crippen molar-refractivity contribution in [3.63, 3.8) is 0 Å². The van der Waals surface area contributed by atoms with Crippen LogP contribution in [0, 0.1) is 0 Å². The van der Waals surface area contributed by atoms with Crippen LogP contribution in [0.4, 0.5) is 4.79 Å². The van der Waals surface area contributed by atoms with Crippen LogP contribution in [0.1, 0.15) is 22.8 Å². The second-order valence-corrected chi connectivity index (χ2v) is 6.23. The minimum absolute atomic E-state index is 0.0716. The van der Waals surface area contributed by atoms with Gasteiger partial charge in [0.15, 0.2) is 0 Å². The zero-order valence-electron chi connectivity index (χ0n) is 16.3. The molecule has 0 bridgehead atoms. The molecule has 3 N–H and O–H groups in total. The predicted molar refractivity (Wildman–Crippen MR) is 107 cm³/mol. The molecule has 2 aromatic carbocycles. The lowest BCUT2D eigenvalue weighted by atomic mass is 10.0. The molecule has 0 aliphatic rings. The van der Waals surface area contributed by atoms with Crippen molar-refractivity contribution in [3.8, 4) is 11.1 Å². The summed E-state index contributed by atoms with van der Waals surface area (Å²) in [5, 5.41) is 15.2. The first-order valence-corrected chi connectivity index (χ1v) is 9.26. The number of ether oxygens (including phenoxy) is 1. The first-order chi connectivity index (χ1) is 13.5. The number of hydroxylamine groups is 2. The van der Waals surface area contributed by atoms with E-state index in [9.17, 15) is 14.8 Å². The molecule has 2 aromatic rings. The Balaban J connectivity index is 1.79. The van der Waals surface area contributed by atoms with Gasteiger partial charge in [-0.15, -0.1) is 0 Å². The Bertz CT molecular complexity index is 760. The summed E-state index contributed by atoms with van der Waals surface area (Å²) in [4.78, 5) is 23.8. The van der Waals surface area contributed by atoms with Gasteiger partial charge in [0, 0.05) is 25.8 Å². The lowest BCUT2D eigenvalue weighted by Crippen LogP contribution is -2.42. The highest BCUT2D eigenvalue weighted by molar-refractivity contribution is 5.94. The molecular weight excluding hydrogens is 358 g/mol. The minimum atomic E-state index is -0.634. The maximum Gasteiger partial charge on any atom is 0.341 e. The van der Waals surface area contributed by atoms with Crippen LogP contribution in [0.15, 0.2) is 48.5 Å². The molecule has 0 aromatic heterocycles. The summed E-state index contributed by atoms with van der Waals surface area (Å²) in [6.45, 7) is 2.89. The number of benzene rings is 2. The monoisotopic (exact) mass is 385 g/mol. The number of carbonyl (C=O) groups excluding carboxylic acids is 2. The highest BCUT2D eigenvalue weighted by atomic mass is 16.5. The van der Waals surface area contributed by atoms with Gasteiger partial charge in [0.25, 0.3) is 5.91 Å². The molecule has 150 valence electrons. The second-order valence-electron chi connectivity index (χ2n) is 6.23. The molecule has 0 unspecified atom stereocenters. The van der Waals surface area contributed by atoms with Gasteiger partial charge in [-0.2, -0.15) is 0 Å². The van der Waals surface area contributed by atoms with Crippen molar-refractivity contribution in [3.05, 3.63) is 59.7 Å². The third kappa shape index (κ3) is 6.37. The summed E-state index contributed by atoms with van der Waals surface area (Å²) in [5.74, 6) is -0.220. The molecule has 0 saturated carbocycles. The molecule has 0 aliphatic carbocycles. The molecule has 0 heterocycles. The van der Waals surface area contributed by atoms with Crippen molar-refractivity contribution in [2.45, 2.75) is 13.3 Å². The molecule has 7 nitrogen and oxygen atoms in total. The summed E-state index contributed by atoms with van der Waals surface area (Å²) < 4.78 is 4.78. The predicted octanol–water partition coefficient (Wildman–Crippen LogP) is 2.69. The summed E-state index contributed by atoms with van der Waals surface area (Å²) in [5.41, 5.74) is 3.98. The largest absolute Gasteiger partial charge is 0.383 e. The smallest absolute Gasteiger partial charge is 0.341 e. The lowest BCUT2D eigenvalue weighted by Gasteiger charge is -2.15. The fourth-order valence-corrected chi connectivity index (χ4v) is 2.57. The Kier molecular flexibility index (Phi) is 8.45. The molecule has 0 atom stereocenters.